The van der Waals surface area contributed by atoms with Gasteiger partial charge in [0.1, 0.15) is 0 Å². The highest BCUT2D eigenvalue weighted by Gasteiger charge is 2.32. The molecule has 2 atom stereocenters. The third kappa shape index (κ3) is 6.08. The largest absolute Gasteiger partial charge is 0.481 e. The van der Waals surface area contributed by atoms with Crippen LogP contribution in [0.1, 0.15) is 41.9 Å². The van der Waals surface area contributed by atoms with Crippen molar-refractivity contribution < 1.29 is 19.4 Å². The van der Waals surface area contributed by atoms with Crippen molar-refractivity contribution in [2.45, 2.75) is 44.2 Å². The number of fused-ring (bicyclic) bond motifs is 1. The molecule has 33 heavy (non-hydrogen) atoms. The summed E-state index contributed by atoms with van der Waals surface area (Å²) in [6, 6.07) is 25.7. The van der Waals surface area contributed by atoms with Crippen LogP contribution in [0, 0.1) is 0 Å². The molecule has 2 unspecified atom stereocenters. The molecule has 0 aliphatic heterocycles. The zero-order valence-electron chi connectivity index (χ0n) is 18.6. The van der Waals surface area contributed by atoms with Crippen molar-refractivity contribution in [3.63, 3.8) is 0 Å². The number of hydrogen-bond donors (Lipinski definition) is 2. The van der Waals surface area contributed by atoms with Gasteiger partial charge in [-0.15, -0.1) is 0 Å². The fraction of sp³-hybridized carbons (Fsp3) is 0.286. The van der Waals surface area contributed by atoms with Crippen LogP contribution < -0.4 is 5.32 Å². The predicted octanol–water partition coefficient (Wildman–Crippen LogP) is 4.95. The summed E-state index contributed by atoms with van der Waals surface area (Å²) < 4.78 is 5.65. The fourth-order valence-electron chi connectivity index (χ4n) is 4.42. The molecule has 0 saturated carbocycles. The highest BCUT2D eigenvalue weighted by molar-refractivity contribution is 5.80. The molecule has 0 heterocycles. The Morgan fingerprint density at radius 1 is 0.939 bits per heavy atom. The highest BCUT2D eigenvalue weighted by atomic mass is 16.5. The Balaban J connectivity index is 1.31. The van der Waals surface area contributed by atoms with E-state index in [0.29, 0.717) is 38.9 Å². The standard InChI is InChI=1S/C28H29NO4/c30-27(12-7-15-33-19-20-8-3-1-4-9-20)29-24-16-23-14-13-22(21-10-5-2-6-11-21)17-25(23)26(18-24)28(31)32/h1-6,8-11,13-14,17,24,26H,7,12,15-16,18-19H2,(H,29,30)(H,31,32). The lowest BCUT2D eigenvalue weighted by atomic mass is 9.79. The van der Waals surface area contributed by atoms with Gasteiger partial charge in [0.05, 0.1) is 12.5 Å². The molecule has 0 spiro atoms. The first kappa shape index (κ1) is 22.7. The molecule has 0 fully saturated rings. The maximum Gasteiger partial charge on any atom is 0.311 e. The third-order valence-corrected chi connectivity index (χ3v) is 6.08. The van der Waals surface area contributed by atoms with Crippen LogP contribution >= 0.6 is 0 Å². The number of aliphatic carboxylic acids is 1. The molecule has 170 valence electrons. The van der Waals surface area contributed by atoms with Gasteiger partial charge in [-0.05, 0) is 47.1 Å². The van der Waals surface area contributed by atoms with Gasteiger partial charge < -0.3 is 15.2 Å². The van der Waals surface area contributed by atoms with Crippen LogP contribution in [-0.2, 0) is 27.4 Å². The molecule has 0 aromatic heterocycles. The van der Waals surface area contributed by atoms with Crippen molar-refractivity contribution in [1.82, 2.24) is 5.32 Å². The van der Waals surface area contributed by atoms with E-state index in [2.05, 4.69) is 5.32 Å². The second-order valence-electron chi connectivity index (χ2n) is 8.52. The number of carbonyl (C=O) groups excluding carboxylic acids is 1. The summed E-state index contributed by atoms with van der Waals surface area (Å²) in [6.45, 7) is 1.04. The number of carboxylic acids is 1. The fourth-order valence-corrected chi connectivity index (χ4v) is 4.42. The van der Waals surface area contributed by atoms with Crippen LogP contribution in [0.3, 0.4) is 0 Å². The van der Waals surface area contributed by atoms with Crippen LogP contribution in [0.2, 0.25) is 0 Å². The van der Waals surface area contributed by atoms with Gasteiger partial charge in [0, 0.05) is 19.1 Å². The molecule has 3 aromatic rings. The minimum atomic E-state index is -0.852. The average molecular weight is 444 g/mol. The normalized spacial score (nSPS) is 17.2. The predicted molar refractivity (Wildman–Crippen MR) is 128 cm³/mol. The molecule has 0 saturated heterocycles. The zero-order chi connectivity index (χ0) is 23.0. The quantitative estimate of drug-likeness (QED) is 0.459. The van der Waals surface area contributed by atoms with Crippen LogP contribution in [-0.4, -0.2) is 29.6 Å². The third-order valence-electron chi connectivity index (χ3n) is 6.08. The Bertz CT molecular complexity index is 1080. The van der Waals surface area contributed by atoms with Crippen molar-refractivity contribution in [3.8, 4) is 11.1 Å². The molecule has 3 aromatic carbocycles. The van der Waals surface area contributed by atoms with Gasteiger partial charge in [-0.3, -0.25) is 9.59 Å². The van der Waals surface area contributed by atoms with Crippen LogP contribution in [0.25, 0.3) is 11.1 Å². The van der Waals surface area contributed by atoms with Crippen molar-refractivity contribution in [1.29, 1.82) is 0 Å². The Morgan fingerprint density at radius 3 is 2.39 bits per heavy atom. The lowest BCUT2D eigenvalue weighted by molar-refractivity contribution is -0.139. The van der Waals surface area contributed by atoms with Crippen molar-refractivity contribution >= 4 is 11.9 Å². The Labute approximate surface area is 194 Å². The summed E-state index contributed by atoms with van der Waals surface area (Å²) in [7, 11) is 0. The number of amides is 1. The molecule has 1 aliphatic rings. The molecule has 2 N–H and O–H groups in total. The Kier molecular flexibility index (Phi) is 7.53. The van der Waals surface area contributed by atoms with Crippen LogP contribution in [0.15, 0.2) is 78.9 Å². The molecule has 1 aliphatic carbocycles. The van der Waals surface area contributed by atoms with Gasteiger partial charge in [0.2, 0.25) is 5.91 Å². The van der Waals surface area contributed by atoms with E-state index in [9.17, 15) is 14.7 Å². The second-order valence-corrected chi connectivity index (χ2v) is 8.52. The number of benzene rings is 3. The molecule has 0 radical (unpaired) electrons. The van der Waals surface area contributed by atoms with Gasteiger partial charge in [0.25, 0.3) is 0 Å². The summed E-state index contributed by atoms with van der Waals surface area (Å²) in [6.07, 6.45) is 2.04. The van der Waals surface area contributed by atoms with Crippen LogP contribution in [0.5, 0.6) is 0 Å². The first-order valence-electron chi connectivity index (χ1n) is 11.4. The van der Waals surface area contributed by atoms with Gasteiger partial charge in [-0.1, -0.05) is 78.9 Å². The first-order valence-corrected chi connectivity index (χ1v) is 11.4. The van der Waals surface area contributed by atoms with E-state index >= 15 is 0 Å². The molecule has 1 amide bonds. The number of rotatable bonds is 9. The van der Waals surface area contributed by atoms with Crippen molar-refractivity contribution in [2.24, 2.45) is 0 Å². The van der Waals surface area contributed by atoms with Crippen LogP contribution in [0.4, 0.5) is 0 Å². The number of carboxylic acid groups (broad SMARTS) is 1. The van der Waals surface area contributed by atoms with Crippen molar-refractivity contribution in [3.05, 3.63) is 95.6 Å². The molecular weight excluding hydrogens is 414 g/mol. The first-order chi connectivity index (χ1) is 16.1. The summed E-state index contributed by atoms with van der Waals surface area (Å²) in [4.78, 5) is 24.5. The summed E-state index contributed by atoms with van der Waals surface area (Å²) in [5.74, 6) is -1.54. The van der Waals surface area contributed by atoms with Gasteiger partial charge in [0.15, 0.2) is 0 Å². The van der Waals surface area contributed by atoms with Gasteiger partial charge in [-0.25, -0.2) is 0 Å². The molecular formula is C28H29NO4. The maximum atomic E-state index is 12.5. The summed E-state index contributed by atoms with van der Waals surface area (Å²) in [5.41, 5.74) is 5.03. The molecule has 4 rings (SSSR count). The number of carbonyl (C=O) groups is 2. The minimum Gasteiger partial charge on any atom is -0.481 e. The van der Waals surface area contributed by atoms with E-state index in [1.165, 1.54) is 0 Å². The zero-order valence-corrected chi connectivity index (χ0v) is 18.6. The molecule has 5 heteroatoms. The monoisotopic (exact) mass is 443 g/mol. The number of hydrogen-bond acceptors (Lipinski definition) is 3. The van der Waals surface area contributed by atoms with E-state index in [0.717, 1.165) is 27.8 Å². The average Bonchev–Trinajstić information content (AvgIpc) is 2.84. The Hall–Kier alpha value is -3.44. The summed E-state index contributed by atoms with van der Waals surface area (Å²) in [5, 5.41) is 12.9. The van der Waals surface area contributed by atoms with E-state index in [-0.39, 0.29) is 11.9 Å². The van der Waals surface area contributed by atoms with Crippen molar-refractivity contribution in [2.75, 3.05) is 6.61 Å². The highest BCUT2D eigenvalue weighted by Crippen LogP contribution is 2.35. The SMILES string of the molecule is O=C(CCCOCc1ccccc1)NC1Cc2ccc(-c3ccccc3)cc2C(C(=O)O)C1. The number of ether oxygens (including phenoxy) is 1. The van der Waals surface area contributed by atoms with Gasteiger partial charge >= 0.3 is 5.97 Å². The van der Waals surface area contributed by atoms with E-state index in [1.807, 2.05) is 78.9 Å². The molecule has 0 bridgehead atoms. The lowest BCUT2D eigenvalue weighted by Crippen LogP contribution is -2.41. The number of nitrogens with one attached hydrogen (secondary N) is 1. The molecule has 5 nitrogen and oxygen atoms in total. The smallest absolute Gasteiger partial charge is 0.311 e. The van der Waals surface area contributed by atoms with E-state index < -0.39 is 11.9 Å². The van der Waals surface area contributed by atoms with Gasteiger partial charge in [-0.2, -0.15) is 0 Å². The summed E-state index contributed by atoms with van der Waals surface area (Å²) >= 11 is 0. The Morgan fingerprint density at radius 2 is 1.67 bits per heavy atom. The van der Waals surface area contributed by atoms with E-state index in [4.69, 9.17) is 4.74 Å². The second kappa shape index (κ2) is 10.9. The minimum absolute atomic E-state index is 0.0585. The maximum absolute atomic E-state index is 12.5. The topological polar surface area (TPSA) is 75.6 Å². The van der Waals surface area contributed by atoms with E-state index in [1.54, 1.807) is 0 Å². The lowest BCUT2D eigenvalue weighted by Gasteiger charge is -2.30.